The summed E-state index contributed by atoms with van der Waals surface area (Å²) in [6.45, 7) is 0.521. The molecule has 2 rings (SSSR count). The van der Waals surface area contributed by atoms with Crippen LogP contribution in [0.1, 0.15) is 25.7 Å². The number of hydrogen-bond donors (Lipinski definition) is 1. The number of hydrogen-bond acceptors (Lipinski definition) is 3. The van der Waals surface area contributed by atoms with E-state index in [0.717, 1.165) is 12.8 Å². The summed E-state index contributed by atoms with van der Waals surface area (Å²) >= 11 is 5.83. The van der Waals surface area contributed by atoms with Crippen LogP contribution in [0.3, 0.4) is 0 Å². The fourth-order valence-corrected chi connectivity index (χ4v) is 2.14. The number of oxazole rings is 1. The van der Waals surface area contributed by atoms with Crippen molar-refractivity contribution < 1.29 is 14.3 Å². The molecule has 0 atom stereocenters. The Balaban J connectivity index is 2.02. The van der Waals surface area contributed by atoms with Gasteiger partial charge in [0, 0.05) is 24.1 Å². The van der Waals surface area contributed by atoms with Gasteiger partial charge in [-0.15, -0.1) is 0 Å². The first-order valence-corrected chi connectivity index (χ1v) is 6.46. The molecule has 0 amide bonds. The van der Waals surface area contributed by atoms with Crippen LogP contribution in [0.25, 0.3) is 11.1 Å². The Labute approximate surface area is 114 Å². The fourth-order valence-electron chi connectivity index (χ4n) is 1.97. The summed E-state index contributed by atoms with van der Waals surface area (Å²) in [5.74, 6) is -1.20. The van der Waals surface area contributed by atoms with Gasteiger partial charge in [0.05, 0.1) is 5.52 Å². The molecule has 1 N–H and O–H groups in total. The number of carboxylic acid groups (broad SMARTS) is 1. The highest BCUT2D eigenvalue weighted by Crippen LogP contribution is 2.18. The number of unbranched alkanes of at least 4 members (excludes halogenated alkanes) is 2. The SMILES string of the molecule is O=C(O)CCCCCn1c(=O)oc2cc(Cl)ccc21. The van der Waals surface area contributed by atoms with E-state index in [0.29, 0.717) is 29.1 Å². The predicted octanol–water partition coefficient (Wildman–Crippen LogP) is 2.89. The minimum Gasteiger partial charge on any atom is -0.481 e. The lowest BCUT2D eigenvalue weighted by molar-refractivity contribution is -0.137. The lowest BCUT2D eigenvalue weighted by Crippen LogP contribution is -2.14. The van der Waals surface area contributed by atoms with E-state index in [1.165, 1.54) is 0 Å². The summed E-state index contributed by atoms with van der Waals surface area (Å²) in [6.07, 6.45) is 2.28. The van der Waals surface area contributed by atoms with Crippen LogP contribution < -0.4 is 5.76 Å². The Bertz CT molecular complexity index is 644. The molecule has 6 heteroatoms. The van der Waals surface area contributed by atoms with Gasteiger partial charge in [-0.2, -0.15) is 0 Å². The molecular weight excluding hydrogens is 270 g/mol. The molecule has 1 heterocycles. The number of aromatic nitrogens is 1. The maximum absolute atomic E-state index is 11.7. The van der Waals surface area contributed by atoms with Crippen molar-refractivity contribution in [1.82, 2.24) is 4.57 Å². The first-order valence-electron chi connectivity index (χ1n) is 6.08. The molecule has 2 aromatic rings. The first-order chi connectivity index (χ1) is 9.08. The van der Waals surface area contributed by atoms with E-state index < -0.39 is 11.7 Å². The predicted molar refractivity (Wildman–Crippen MR) is 71.6 cm³/mol. The average molecular weight is 284 g/mol. The van der Waals surface area contributed by atoms with Crippen LogP contribution >= 0.6 is 11.6 Å². The molecule has 0 radical (unpaired) electrons. The molecule has 0 aliphatic rings. The fraction of sp³-hybridized carbons (Fsp3) is 0.385. The summed E-state index contributed by atoms with van der Waals surface area (Å²) in [5, 5.41) is 9.05. The van der Waals surface area contributed by atoms with Crippen molar-refractivity contribution in [3.63, 3.8) is 0 Å². The van der Waals surface area contributed by atoms with Gasteiger partial charge >= 0.3 is 11.7 Å². The van der Waals surface area contributed by atoms with Crippen LogP contribution in [0.4, 0.5) is 0 Å². The van der Waals surface area contributed by atoms with Gasteiger partial charge in [-0.3, -0.25) is 9.36 Å². The number of halogens is 1. The molecule has 0 aliphatic carbocycles. The highest BCUT2D eigenvalue weighted by molar-refractivity contribution is 6.31. The highest BCUT2D eigenvalue weighted by atomic mass is 35.5. The second-order valence-corrected chi connectivity index (χ2v) is 4.77. The smallest absolute Gasteiger partial charge is 0.419 e. The van der Waals surface area contributed by atoms with Crippen molar-refractivity contribution in [2.24, 2.45) is 0 Å². The van der Waals surface area contributed by atoms with E-state index in [2.05, 4.69) is 0 Å². The van der Waals surface area contributed by atoms with E-state index in [-0.39, 0.29) is 6.42 Å². The molecule has 5 nitrogen and oxygen atoms in total. The van der Waals surface area contributed by atoms with Crippen LogP contribution in [0, 0.1) is 0 Å². The quantitative estimate of drug-likeness (QED) is 0.827. The number of fused-ring (bicyclic) bond motifs is 1. The Morgan fingerprint density at radius 1 is 1.32 bits per heavy atom. The van der Waals surface area contributed by atoms with Crippen LogP contribution in [-0.2, 0) is 11.3 Å². The van der Waals surface area contributed by atoms with Gasteiger partial charge < -0.3 is 9.52 Å². The Morgan fingerprint density at radius 2 is 2.11 bits per heavy atom. The molecule has 0 bridgehead atoms. The van der Waals surface area contributed by atoms with E-state index in [4.69, 9.17) is 21.1 Å². The molecule has 0 aliphatic heterocycles. The number of carboxylic acids is 1. The Kier molecular flexibility index (Phi) is 4.27. The molecule has 1 aromatic carbocycles. The third-order valence-electron chi connectivity index (χ3n) is 2.90. The zero-order valence-electron chi connectivity index (χ0n) is 10.3. The molecule has 0 fully saturated rings. The third-order valence-corrected chi connectivity index (χ3v) is 3.14. The summed E-state index contributed by atoms with van der Waals surface area (Å²) in [4.78, 5) is 22.1. The molecule has 1 aromatic heterocycles. The van der Waals surface area contributed by atoms with Gasteiger partial charge in [-0.25, -0.2) is 4.79 Å². The standard InChI is InChI=1S/C13H14ClNO4/c14-9-5-6-10-11(8-9)19-13(18)15(10)7-3-1-2-4-12(16)17/h5-6,8H,1-4,7H2,(H,16,17). The monoisotopic (exact) mass is 283 g/mol. The zero-order valence-corrected chi connectivity index (χ0v) is 11.0. The van der Waals surface area contributed by atoms with E-state index in [9.17, 15) is 9.59 Å². The maximum Gasteiger partial charge on any atom is 0.419 e. The molecular formula is C13H14ClNO4. The number of aryl methyl sites for hydroxylation is 1. The largest absolute Gasteiger partial charge is 0.481 e. The third kappa shape index (κ3) is 3.38. The molecule has 0 saturated carbocycles. The normalized spacial score (nSPS) is 11.0. The van der Waals surface area contributed by atoms with Crippen LogP contribution in [-0.4, -0.2) is 15.6 Å². The second kappa shape index (κ2) is 5.93. The average Bonchev–Trinajstić information content (AvgIpc) is 2.64. The summed E-state index contributed by atoms with van der Waals surface area (Å²) in [7, 11) is 0. The van der Waals surface area contributed by atoms with Crippen LogP contribution in [0.2, 0.25) is 5.02 Å². The van der Waals surface area contributed by atoms with Gasteiger partial charge in [0.15, 0.2) is 5.58 Å². The lowest BCUT2D eigenvalue weighted by Gasteiger charge is -2.01. The summed E-state index contributed by atoms with van der Waals surface area (Å²) in [6, 6.07) is 5.07. The summed E-state index contributed by atoms with van der Waals surface area (Å²) < 4.78 is 6.65. The number of rotatable bonds is 6. The zero-order chi connectivity index (χ0) is 13.8. The summed E-state index contributed by atoms with van der Waals surface area (Å²) in [5.41, 5.74) is 1.19. The number of carbonyl (C=O) groups is 1. The molecule has 0 saturated heterocycles. The van der Waals surface area contributed by atoms with Gasteiger partial charge in [0.2, 0.25) is 0 Å². The van der Waals surface area contributed by atoms with E-state index >= 15 is 0 Å². The molecule has 0 unspecified atom stereocenters. The lowest BCUT2D eigenvalue weighted by atomic mass is 10.2. The van der Waals surface area contributed by atoms with Gasteiger partial charge in [-0.1, -0.05) is 18.0 Å². The Hall–Kier alpha value is -1.75. The van der Waals surface area contributed by atoms with Crippen LogP contribution in [0.5, 0.6) is 0 Å². The number of aliphatic carboxylic acids is 1. The van der Waals surface area contributed by atoms with Gasteiger partial charge in [0.25, 0.3) is 0 Å². The van der Waals surface area contributed by atoms with Gasteiger partial charge in [-0.05, 0) is 25.0 Å². The Morgan fingerprint density at radius 3 is 2.84 bits per heavy atom. The van der Waals surface area contributed by atoms with Crippen molar-refractivity contribution in [2.75, 3.05) is 0 Å². The number of nitrogens with zero attached hydrogens (tertiary/aromatic N) is 1. The molecule has 19 heavy (non-hydrogen) atoms. The minimum absolute atomic E-state index is 0.163. The minimum atomic E-state index is -0.791. The number of benzene rings is 1. The van der Waals surface area contributed by atoms with Crippen molar-refractivity contribution in [2.45, 2.75) is 32.2 Å². The van der Waals surface area contributed by atoms with E-state index in [1.807, 2.05) is 0 Å². The first kappa shape index (κ1) is 13.7. The van der Waals surface area contributed by atoms with Crippen molar-refractivity contribution in [3.05, 3.63) is 33.8 Å². The van der Waals surface area contributed by atoms with Crippen molar-refractivity contribution in [1.29, 1.82) is 0 Å². The second-order valence-electron chi connectivity index (χ2n) is 4.34. The molecule has 0 spiro atoms. The maximum atomic E-state index is 11.7. The highest BCUT2D eigenvalue weighted by Gasteiger charge is 2.09. The van der Waals surface area contributed by atoms with Gasteiger partial charge in [0.1, 0.15) is 0 Å². The van der Waals surface area contributed by atoms with Crippen molar-refractivity contribution in [3.8, 4) is 0 Å². The molecule has 102 valence electrons. The van der Waals surface area contributed by atoms with Crippen LogP contribution in [0.15, 0.2) is 27.4 Å². The topological polar surface area (TPSA) is 72.4 Å². The van der Waals surface area contributed by atoms with E-state index in [1.54, 1.807) is 22.8 Å². The van der Waals surface area contributed by atoms with Crippen molar-refractivity contribution >= 4 is 28.7 Å².